The fourth-order valence-corrected chi connectivity index (χ4v) is 1.81. The van der Waals surface area contributed by atoms with Gasteiger partial charge in [-0.15, -0.1) is 0 Å². The Kier molecular flexibility index (Phi) is 3.49. The lowest BCUT2D eigenvalue weighted by Gasteiger charge is -2.09. The summed E-state index contributed by atoms with van der Waals surface area (Å²) in [5.41, 5.74) is 1.98. The first-order valence-corrected chi connectivity index (χ1v) is 6.06. The fourth-order valence-electron chi connectivity index (χ4n) is 1.81. The van der Waals surface area contributed by atoms with Crippen LogP contribution < -0.4 is 10.1 Å². The van der Waals surface area contributed by atoms with E-state index >= 15 is 0 Å². The van der Waals surface area contributed by atoms with E-state index in [-0.39, 0.29) is 0 Å². The molecule has 2 rings (SSSR count). The average Bonchev–Trinajstić information content (AvgIpc) is 3.04. The zero-order chi connectivity index (χ0) is 11.4. The van der Waals surface area contributed by atoms with E-state index in [9.17, 15) is 0 Å². The van der Waals surface area contributed by atoms with Crippen molar-refractivity contribution in [2.45, 2.75) is 26.2 Å². The predicted molar refractivity (Wildman–Crippen MR) is 66.9 cm³/mol. The van der Waals surface area contributed by atoms with Crippen molar-refractivity contribution in [1.82, 2.24) is 5.32 Å². The van der Waals surface area contributed by atoms with Crippen LogP contribution in [0.1, 0.15) is 25.3 Å². The van der Waals surface area contributed by atoms with Crippen molar-refractivity contribution in [2.75, 3.05) is 20.2 Å². The molecule has 1 aromatic rings. The molecule has 0 unspecified atom stereocenters. The number of nitrogens with one attached hydrogen (secondary N) is 1. The van der Waals surface area contributed by atoms with Crippen molar-refractivity contribution in [2.24, 2.45) is 5.41 Å². The van der Waals surface area contributed by atoms with Crippen molar-refractivity contribution in [3.05, 3.63) is 29.8 Å². The molecular weight excluding hydrogens is 198 g/mol. The zero-order valence-corrected chi connectivity index (χ0v) is 10.3. The van der Waals surface area contributed by atoms with Gasteiger partial charge in [-0.2, -0.15) is 0 Å². The summed E-state index contributed by atoms with van der Waals surface area (Å²) in [7, 11) is 1.70. The highest BCUT2D eigenvalue weighted by atomic mass is 16.5. The lowest BCUT2D eigenvalue weighted by molar-refractivity contribution is 0.414. The SMILES string of the molecule is COc1ccc(CCNCC2(C)CC2)cc1. The molecule has 0 atom stereocenters. The Morgan fingerprint density at radius 2 is 1.94 bits per heavy atom. The third-order valence-corrected chi connectivity index (χ3v) is 3.40. The third kappa shape index (κ3) is 3.24. The van der Waals surface area contributed by atoms with Gasteiger partial charge in [0.2, 0.25) is 0 Å². The molecule has 0 aromatic heterocycles. The molecule has 1 saturated carbocycles. The molecule has 1 fully saturated rings. The molecule has 1 aliphatic carbocycles. The molecule has 88 valence electrons. The molecule has 1 aromatic carbocycles. The van der Waals surface area contributed by atoms with E-state index in [0.29, 0.717) is 5.41 Å². The quantitative estimate of drug-likeness (QED) is 0.743. The van der Waals surface area contributed by atoms with E-state index in [1.165, 1.54) is 24.9 Å². The fraction of sp³-hybridized carbons (Fsp3) is 0.571. The molecule has 1 N–H and O–H groups in total. The van der Waals surface area contributed by atoms with E-state index in [2.05, 4.69) is 24.4 Å². The van der Waals surface area contributed by atoms with Gasteiger partial charge in [0.15, 0.2) is 0 Å². The van der Waals surface area contributed by atoms with Gasteiger partial charge >= 0.3 is 0 Å². The van der Waals surface area contributed by atoms with Gasteiger partial charge in [0, 0.05) is 6.54 Å². The summed E-state index contributed by atoms with van der Waals surface area (Å²) in [6.45, 7) is 4.60. The standard InChI is InChI=1S/C14H21NO/c1-14(8-9-14)11-15-10-7-12-3-5-13(16-2)6-4-12/h3-6,15H,7-11H2,1-2H3. The van der Waals surface area contributed by atoms with Crippen LogP contribution in [0.2, 0.25) is 0 Å². The summed E-state index contributed by atoms with van der Waals surface area (Å²) in [4.78, 5) is 0. The Morgan fingerprint density at radius 3 is 2.50 bits per heavy atom. The maximum atomic E-state index is 5.13. The number of ether oxygens (including phenoxy) is 1. The lowest BCUT2D eigenvalue weighted by Crippen LogP contribution is -2.24. The first-order valence-electron chi connectivity index (χ1n) is 6.06. The number of hydrogen-bond acceptors (Lipinski definition) is 2. The van der Waals surface area contributed by atoms with Gasteiger partial charge in [0.25, 0.3) is 0 Å². The topological polar surface area (TPSA) is 21.3 Å². The minimum absolute atomic E-state index is 0.611. The van der Waals surface area contributed by atoms with Crippen LogP contribution in [0.5, 0.6) is 5.75 Å². The highest BCUT2D eigenvalue weighted by Crippen LogP contribution is 2.43. The van der Waals surface area contributed by atoms with E-state index < -0.39 is 0 Å². The van der Waals surface area contributed by atoms with Gasteiger partial charge in [-0.25, -0.2) is 0 Å². The molecule has 2 heteroatoms. The van der Waals surface area contributed by atoms with Crippen molar-refractivity contribution in [3.63, 3.8) is 0 Å². The van der Waals surface area contributed by atoms with Crippen LogP contribution in [0.25, 0.3) is 0 Å². The molecule has 2 nitrogen and oxygen atoms in total. The second kappa shape index (κ2) is 4.88. The van der Waals surface area contributed by atoms with Crippen molar-refractivity contribution < 1.29 is 4.74 Å². The minimum Gasteiger partial charge on any atom is -0.497 e. The number of hydrogen-bond donors (Lipinski definition) is 1. The first-order chi connectivity index (χ1) is 7.72. The Hall–Kier alpha value is -1.02. The summed E-state index contributed by atoms with van der Waals surface area (Å²) in [6.07, 6.45) is 3.88. The minimum atomic E-state index is 0.611. The van der Waals surface area contributed by atoms with Gasteiger partial charge in [0.1, 0.15) is 5.75 Å². The van der Waals surface area contributed by atoms with Gasteiger partial charge in [0.05, 0.1) is 7.11 Å². The molecule has 0 saturated heterocycles. The summed E-state index contributed by atoms with van der Waals surface area (Å²) in [5.74, 6) is 0.933. The molecule has 0 bridgehead atoms. The highest BCUT2D eigenvalue weighted by Gasteiger charge is 2.36. The smallest absolute Gasteiger partial charge is 0.118 e. The zero-order valence-electron chi connectivity index (χ0n) is 10.3. The molecule has 0 heterocycles. The van der Waals surface area contributed by atoms with Crippen LogP contribution in [0, 0.1) is 5.41 Å². The van der Waals surface area contributed by atoms with Crippen LogP contribution >= 0.6 is 0 Å². The Labute approximate surface area is 98.0 Å². The Morgan fingerprint density at radius 1 is 1.25 bits per heavy atom. The maximum absolute atomic E-state index is 5.13. The summed E-state index contributed by atoms with van der Waals surface area (Å²) in [5, 5.41) is 3.53. The average molecular weight is 219 g/mol. The van der Waals surface area contributed by atoms with Crippen LogP contribution in [0.3, 0.4) is 0 Å². The summed E-state index contributed by atoms with van der Waals surface area (Å²) < 4.78 is 5.13. The van der Waals surface area contributed by atoms with Gasteiger partial charge in [-0.05, 0) is 48.9 Å². The molecule has 1 aliphatic rings. The lowest BCUT2D eigenvalue weighted by atomic mass is 10.1. The second-order valence-corrected chi connectivity index (χ2v) is 5.09. The number of rotatable bonds is 6. The van der Waals surface area contributed by atoms with Crippen LogP contribution in [0.4, 0.5) is 0 Å². The van der Waals surface area contributed by atoms with E-state index in [4.69, 9.17) is 4.74 Å². The second-order valence-electron chi connectivity index (χ2n) is 5.09. The van der Waals surface area contributed by atoms with Crippen LogP contribution in [-0.4, -0.2) is 20.2 Å². The highest BCUT2D eigenvalue weighted by molar-refractivity contribution is 5.27. The molecule has 0 radical (unpaired) electrons. The largest absolute Gasteiger partial charge is 0.497 e. The Balaban J connectivity index is 1.68. The van der Waals surface area contributed by atoms with Crippen molar-refractivity contribution in [3.8, 4) is 5.75 Å². The predicted octanol–water partition coefficient (Wildman–Crippen LogP) is 2.63. The van der Waals surface area contributed by atoms with Crippen molar-refractivity contribution >= 4 is 0 Å². The maximum Gasteiger partial charge on any atom is 0.118 e. The molecule has 0 spiro atoms. The number of methoxy groups -OCH3 is 1. The van der Waals surface area contributed by atoms with Crippen LogP contribution in [-0.2, 0) is 6.42 Å². The van der Waals surface area contributed by atoms with E-state index in [0.717, 1.165) is 18.7 Å². The molecule has 0 amide bonds. The third-order valence-electron chi connectivity index (χ3n) is 3.40. The Bertz CT molecular complexity index is 327. The van der Waals surface area contributed by atoms with Gasteiger partial charge in [-0.3, -0.25) is 0 Å². The molecular formula is C14H21NO. The number of benzene rings is 1. The molecule has 0 aliphatic heterocycles. The van der Waals surface area contributed by atoms with E-state index in [1.54, 1.807) is 7.11 Å². The van der Waals surface area contributed by atoms with Gasteiger partial charge < -0.3 is 10.1 Å². The van der Waals surface area contributed by atoms with E-state index in [1.807, 2.05) is 12.1 Å². The summed E-state index contributed by atoms with van der Waals surface area (Å²) >= 11 is 0. The summed E-state index contributed by atoms with van der Waals surface area (Å²) in [6, 6.07) is 8.33. The van der Waals surface area contributed by atoms with Crippen molar-refractivity contribution in [1.29, 1.82) is 0 Å². The molecule has 16 heavy (non-hydrogen) atoms. The monoisotopic (exact) mass is 219 g/mol. The van der Waals surface area contributed by atoms with Crippen LogP contribution in [0.15, 0.2) is 24.3 Å². The first kappa shape index (κ1) is 11.5. The van der Waals surface area contributed by atoms with Gasteiger partial charge in [-0.1, -0.05) is 19.1 Å². The normalized spacial score (nSPS) is 17.1.